The highest BCUT2D eigenvalue weighted by molar-refractivity contribution is 5.90. The van der Waals surface area contributed by atoms with Crippen LogP contribution in [0.4, 0.5) is 5.82 Å². The Morgan fingerprint density at radius 2 is 1.96 bits per heavy atom. The highest BCUT2D eigenvalue weighted by Crippen LogP contribution is 2.40. The van der Waals surface area contributed by atoms with Crippen LogP contribution in [0.3, 0.4) is 0 Å². The van der Waals surface area contributed by atoms with Gasteiger partial charge in [-0.15, -0.1) is 0 Å². The standard InChI is InChI=1S/C20H31N5O/c21-19(26)17-11-22-12-18(23-17)25-10-8-20(15-25)7-4-9-24(14-20)13-16-5-2-1-3-6-16/h11-12,16H,1-10,13-15H2,(H2,21,26)/t20-/m0/s1. The Kier molecular flexibility index (Phi) is 5.11. The second-order valence-electron chi connectivity index (χ2n) is 8.64. The van der Waals surface area contributed by atoms with Crippen molar-refractivity contribution in [3.8, 4) is 0 Å². The van der Waals surface area contributed by atoms with Crippen LogP contribution in [0.5, 0.6) is 0 Å². The van der Waals surface area contributed by atoms with Gasteiger partial charge in [0.25, 0.3) is 5.91 Å². The van der Waals surface area contributed by atoms with Crippen LogP contribution in [-0.4, -0.2) is 53.5 Å². The minimum atomic E-state index is -0.510. The van der Waals surface area contributed by atoms with E-state index < -0.39 is 5.91 Å². The first-order valence-electron chi connectivity index (χ1n) is 10.2. The maximum absolute atomic E-state index is 11.4. The van der Waals surface area contributed by atoms with Crippen molar-refractivity contribution in [1.29, 1.82) is 0 Å². The lowest BCUT2D eigenvalue weighted by Crippen LogP contribution is -2.46. The van der Waals surface area contributed by atoms with E-state index in [4.69, 9.17) is 5.73 Å². The topological polar surface area (TPSA) is 75.4 Å². The zero-order valence-electron chi connectivity index (χ0n) is 15.7. The van der Waals surface area contributed by atoms with E-state index in [9.17, 15) is 4.79 Å². The molecule has 6 heteroatoms. The highest BCUT2D eigenvalue weighted by atomic mass is 16.1. The number of likely N-dealkylation sites (tertiary alicyclic amines) is 1. The van der Waals surface area contributed by atoms with Gasteiger partial charge in [-0.05, 0) is 44.6 Å². The number of nitrogens with two attached hydrogens (primary N) is 1. The summed E-state index contributed by atoms with van der Waals surface area (Å²) in [4.78, 5) is 25.0. The Balaban J connectivity index is 1.40. The summed E-state index contributed by atoms with van der Waals surface area (Å²) < 4.78 is 0. The van der Waals surface area contributed by atoms with Gasteiger partial charge in [-0.3, -0.25) is 9.78 Å². The molecule has 3 heterocycles. The number of primary amides is 1. The Labute approximate surface area is 156 Å². The molecular weight excluding hydrogens is 326 g/mol. The van der Waals surface area contributed by atoms with Gasteiger partial charge in [-0.1, -0.05) is 19.3 Å². The number of carbonyl (C=O) groups is 1. The lowest BCUT2D eigenvalue weighted by atomic mass is 9.78. The van der Waals surface area contributed by atoms with Crippen LogP contribution in [0.1, 0.15) is 61.9 Å². The average molecular weight is 358 g/mol. The van der Waals surface area contributed by atoms with Gasteiger partial charge in [-0.25, -0.2) is 4.98 Å². The summed E-state index contributed by atoms with van der Waals surface area (Å²) in [5, 5.41) is 0. The first kappa shape index (κ1) is 17.7. The SMILES string of the molecule is NC(=O)c1cncc(N2CC[C@]3(CCCN(CC4CCCCC4)C3)C2)n1. The number of aromatic nitrogens is 2. The third kappa shape index (κ3) is 3.85. The number of carbonyl (C=O) groups excluding carboxylic acids is 1. The number of piperidine rings is 1. The predicted molar refractivity (Wildman–Crippen MR) is 102 cm³/mol. The predicted octanol–water partition coefficient (Wildman–Crippen LogP) is 2.45. The van der Waals surface area contributed by atoms with Gasteiger partial charge in [0.2, 0.25) is 0 Å². The van der Waals surface area contributed by atoms with Crippen LogP contribution in [0.2, 0.25) is 0 Å². The number of anilines is 1. The van der Waals surface area contributed by atoms with Gasteiger partial charge in [0.05, 0.1) is 12.4 Å². The molecule has 1 aromatic heterocycles. The summed E-state index contributed by atoms with van der Waals surface area (Å²) in [5.41, 5.74) is 5.99. The van der Waals surface area contributed by atoms with Crippen molar-refractivity contribution in [1.82, 2.24) is 14.9 Å². The molecule has 142 valence electrons. The molecule has 2 N–H and O–H groups in total. The fourth-order valence-electron chi connectivity index (χ4n) is 5.29. The van der Waals surface area contributed by atoms with Crippen LogP contribution in [0.15, 0.2) is 12.4 Å². The fraction of sp³-hybridized carbons (Fsp3) is 0.750. The van der Waals surface area contributed by atoms with Crippen molar-refractivity contribution >= 4 is 11.7 Å². The molecule has 2 saturated heterocycles. The molecule has 0 radical (unpaired) electrons. The summed E-state index contributed by atoms with van der Waals surface area (Å²) in [5.74, 6) is 1.20. The van der Waals surface area contributed by atoms with Crippen molar-refractivity contribution in [2.24, 2.45) is 17.1 Å². The summed E-state index contributed by atoms with van der Waals surface area (Å²) in [7, 11) is 0. The molecular formula is C20H31N5O. The number of nitrogens with zero attached hydrogens (tertiary/aromatic N) is 4. The Bertz CT molecular complexity index is 645. The zero-order valence-corrected chi connectivity index (χ0v) is 15.7. The normalized spacial score (nSPS) is 27.9. The molecule has 1 saturated carbocycles. The number of amides is 1. The first-order valence-corrected chi connectivity index (χ1v) is 10.2. The Morgan fingerprint density at radius 3 is 2.77 bits per heavy atom. The maximum Gasteiger partial charge on any atom is 0.268 e. The summed E-state index contributed by atoms with van der Waals surface area (Å²) in [6.07, 6.45) is 14.1. The van der Waals surface area contributed by atoms with Crippen LogP contribution in [0, 0.1) is 11.3 Å². The molecule has 1 atom stereocenters. The van der Waals surface area contributed by atoms with Gasteiger partial charge in [0, 0.05) is 31.6 Å². The Hall–Kier alpha value is -1.69. The minimum Gasteiger partial charge on any atom is -0.364 e. The van der Waals surface area contributed by atoms with Crippen molar-refractivity contribution in [3.05, 3.63) is 18.1 Å². The van der Waals surface area contributed by atoms with E-state index in [0.717, 1.165) is 24.8 Å². The molecule has 0 unspecified atom stereocenters. The summed E-state index contributed by atoms with van der Waals surface area (Å²) in [6.45, 7) is 5.77. The summed E-state index contributed by atoms with van der Waals surface area (Å²) in [6, 6.07) is 0. The van der Waals surface area contributed by atoms with Gasteiger partial charge in [-0.2, -0.15) is 0 Å². The second-order valence-corrected chi connectivity index (χ2v) is 8.64. The van der Waals surface area contributed by atoms with Gasteiger partial charge >= 0.3 is 0 Å². The van der Waals surface area contributed by atoms with Crippen molar-refractivity contribution in [3.63, 3.8) is 0 Å². The second kappa shape index (κ2) is 7.51. The van der Waals surface area contributed by atoms with E-state index in [1.807, 2.05) is 0 Å². The van der Waals surface area contributed by atoms with Crippen LogP contribution < -0.4 is 10.6 Å². The number of rotatable bonds is 4. The molecule has 1 spiro atoms. The summed E-state index contributed by atoms with van der Waals surface area (Å²) >= 11 is 0. The van der Waals surface area contributed by atoms with E-state index in [1.54, 1.807) is 6.20 Å². The largest absolute Gasteiger partial charge is 0.364 e. The third-order valence-electron chi connectivity index (χ3n) is 6.62. The molecule has 1 amide bonds. The van der Waals surface area contributed by atoms with E-state index in [1.165, 1.54) is 77.2 Å². The van der Waals surface area contributed by atoms with Crippen molar-refractivity contribution in [2.75, 3.05) is 37.6 Å². The lowest BCUT2D eigenvalue weighted by Gasteiger charge is -2.42. The van der Waals surface area contributed by atoms with E-state index in [2.05, 4.69) is 19.8 Å². The van der Waals surface area contributed by atoms with Gasteiger partial charge in [0.15, 0.2) is 0 Å². The quantitative estimate of drug-likeness (QED) is 0.896. The fourth-order valence-corrected chi connectivity index (χ4v) is 5.29. The first-order chi connectivity index (χ1) is 12.6. The van der Waals surface area contributed by atoms with Crippen LogP contribution in [0.25, 0.3) is 0 Å². The average Bonchev–Trinajstić information content (AvgIpc) is 3.06. The zero-order chi connectivity index (χ0) is 18.0. The monoisotopic (exact) mass is 357 g/mol. The van der Waals surface area contributed by atoms with Crippen molar-refractivity contribution in [2.45, 2.75) is 51.4 Å². The van der Waals surface area contributed by atoms with Crippen LogP contribution >= 0.6 is 0 Å². The molecule has 1 aromatic rings. The molecule has 1 aliphatic carbocycles. The molecule has 4 rings (SSSR count). The molecule has 3 fully saturated rings. The van der Waals surface area contributed by atoms with E-state index in [0.29, 0.717) is 5.41 Å². The van der Waals surface area contributed by atoms with E-state index in [-0.39, 0.29) is 5.69 Å². The van der Waals surface area contributed by atoms with E-state index >= 15 is 0 Å². The number of hydrogen-bond acceptors (Lipinski definition) is 5. The third-order valence-corrected chi connectivity index (χ3v) is 6.62. The molecule has 0 aromatic carbocycles. The maximum atomic E-state index is 11.4. The smallest absolute Gasteiger partial charge is 0.268 e. The van der Waals surface area contributed by atoms with Crippen molar-refractivity contribution < 1.29 is 4.79 Å². The van der Waals surface area contributed by atoms with Crippen LogP contribution in [-0.2, 0) is 0 Å². The molecule has 0 bridgehead atoms. The molecule has 26 heavy (non-hydrogen) atoms. The number of hydrogen-bond donors (Lipinski definition) is 1. The molecule has 6 nitrogen and oxygen atoms in total. The molecule has 2 aliphatic heterocycles. The van der Waals surface area contributed by atoms with Gasteiger partial charge < -0.3 is 15.5 Å². The lowest BCUT2D eigenvalue weighted by molar-refractivity contribution is 0.0838. The Morgan fingerprint density at radius 1 is 1.12 bits per heavy atom. The minimum absolute atomic E-state index is 0.256. The highest BCUT2D eigenvalue weighted by Gasteiger charge is 2.42. The van der Waals surface area contributed by atoms with Gasteiger partial charge in [0.1, 0.15) is 11.5 Å². The molecule has 3 aliphatic rings.